The normalized spacial score (nSPS) is 23.4. The van der Waals surface area contributed by atoms with E-state index in [1.165, 1.54) is 16.7 Å². The maximum atomic E-state index is 6.62. The third kappa shape index (κ3) is 1.96. The number of halogens is 1. The third-order valence-corrected chi connectivity index (χ3v) is 5.32. The lowest BCUT2D eigenvalue weighted by molar-refractivity contribution is 0.385. The van der Waals surface area contributed by atoms with Crippen molar-refractivity contribution in [1.29, 1.82) is 0 Å². The summed E-state index contributed by atoms with van der Waals surface area (Å²) < 4.78 is 1.16. The first-order valence-electron chi connectivity index (χ1n) is 5.77. The summed E-state index contributed by atoms with van der Waals surface area (Å²) in [6.45, 7) is 0. The van der Waals surface area contributed by atoms with E-state index in [9.17, 15) is 0 Å². The first-order chi connectivity index (χ1) is 8.19. The number of benzene rings is 1. The fraction of sp³-hybridized carbons (Fsp3) is 0.286. The topological polar surface area (TPSA) is 26.0 Å². The number of hydrogen-bond donors (Lipinski definition) is 1. The highest BCUT2D eigenvalue weighted by Gasteiger charge is 2.33. The van der Waals surface area contributed by atoms with Gasteiger partial charge in [0.25, 0.3) is 0 Å². The lowest BCUT2D eigenvalue weighted by Gasteiger charge is -2.35. The Kier molecular flexibility index (Phi) is 2.85. The molecule has 1 aromatic carbocycles. The molecule has 3 rings (SSSR count). The minimum atomic E-state index is -0.201. The minimum absolute atomic E-state index is 0.201. The summed E-state index contributed by atoms with van der Waals surface area (Å²) in [5.74, 6) is 0. The molecule has 1 aromatic heterocycles. The van der Waals surface area contributed by atoms with Crippen LogP contribution in [0.1, 0.15) is 23.1 Å². The van der Waals surface area contributed by atoms with Crippen LogP contribution in [-0.4, -0.2) is 0 Å². The lowest BCUT2D eigenvalue weighted by Crippen LogP contribution is -2.42. The molecule has 1 aliphatic carbocycles. The molecule has 0 aliphatic heterocycles. The molecule has 17 heavy (non-hydrogen) atoms. The van der Waals surface area contributed by atoms with E-state index in [4.69, 9.17) is 5.73 Å². The highest BCUT2D eigenvalue weighted by molar-refractivity contribution is 9.10. The van der Waals surface area contributed by atoms with Crippen LogP contribution in [0.3, 0.4) is 0 Å². The quantitative estimate of drug-likeness (QED) is 0.851. The zero-order valence-electron chi connectivity index (χ0n) is 9.45. The van der Waals surface area contributed by atoms with Crippen LogP contribution in [-0.2, 0) is 18.4 Å². The number of aryl methyl sites for hydroxylation is 1. The van der Waals surface area contributed by atoms with E-state index in [1.807, 2.05) is 0 Å². The van der Waals surface area contributed by atoms with Crippen LogP contribution in [0.5, 0.6) is 0 Å². The van der Waals surface area contributed by atoms with Gasteiger partial charge in [-0.25, -0.2) is 0 Å². The van der Waals surface area contributed by atoms with E-state index in [0.29, 0.717) is 0 Å². The molecule has 0 saturated heterocycles. The minimum Gasteiger partial charge on any atom is -0.321 e. The Morgan fingerprint density at radius 1 is 1.18 bits per heavy atom. The number of fused-ring (bicyclic) bond motifs is 1. The predicted molar refractivity (Wildman–Crippen MR) is 76.4 cm³/mol. The van der Waals surface area contributed by atoms with Crippen molar-refractivity contribution in [2.75, 3.05) is 0 Å². The van der Waals surface area contributed by atoms with Crippen molar-refractivity contribution in [2.45, 2.75) is 24.8 Å². The van der Waals surface area contributed by atoms with Crippen molar-refractivity contribution < 1.29 is 0 Å². The lowest BCUT2D eigenvalue weighted by atomic mass is 9.75. The van der Waals surface area contributed by atoms with Crippen LogP contribution in [0.25, 0.3) is 0 Å². The van der Waals surface area contributed by atoms with Gasteiger partial charge < -0.3 is 5.73 Å². The second-order valence-corrected chi connectivity index (χ2v) is 6.33. The Bertz CT molecular complexity index is 549. The molecule has 0 spiro atoms. The van der Waals surface area contributed by atoms with Crippen LogP contribution < -0.4 is 5.73 Å². The van der Waals surface area contributed by atoms with E-state index >= 15 is 0 Å². The van der Waals surface area contributed by atoms with E-state index in [2.05, 4.69) is 51.0 Å². The van der Waals surface area contributed by atoms with Crippen LogP contribution in [0, 0.1) is 0 Å². The molecule has 2 aromatic rings. The molecule has 1 unspecified atom stereocenters. The van der Waals surface area contributed by atoms with Gasteiger partial charge in [-0.3, -0.25) is 0 Å². The molecule has 0 radical (unpaired) electrons. The first-order valence-corrected chi connectivity index (χ1v) is 7.50. The van der Waals surface area contributed by atoms with Crippen molar-refractivity contribution in [3.05, 3.63) is 56.2 Å². The predicted octanol–water partition coefficient (Wildman–Crippen LogP) is 3.85. The van der Waals surface area contributed by atoms with Crippen molar-refractivity contribution >= 4 is 27.3 Å². The molecule has 0 saturated carbocycles. The maximum Gasteiger partial charge on any atom is 0.0473 e. The van der Waals surface area contributed by atoms with E-state index in [1.54, 1.807) is 11.3 Å². The third-order valence-electron chi connectivity index (χ3n) is 3.62. The summed E-state index contributed by atoms with van der Waals surface area (Å²) in [6.07, 6.45) is 3.05. The zero-order valence-corrected chi connectivity index (χ0v) is 11.9. The Morgan fingerprint density at radius 3 is 2.65 bits per heavy atom. The smallest absolute Gasteiger partial charge is 0.0473 e. The average molecular weight is 308 g/mol. The van der Waals surface area contributed by atoms with Crippen LogP contribution in [0.4, 0.5) is 0 Å². The molecular formula is C14H14BrNS. The van der Waals surface area contributed by atoms with Gasteiger partial charge >= 0.3 is 0 Å². The summed E-state index contributed by atoms with van der Waals surface area (Å²) in [7, 11) is 0. The Labute approximate surface area is 114 Å². The fourth-order valence-corrected chi connectivity index (χ4v) is 4.42. The van der Waals surface area contributed by atoms with Crippen molar-refractivity contribution in [1.82, 2.24) is 0 Å². The first kappa shape index (κ1) is 11.5. The summed E-state index contributed by atoms with van der Waals surface area (Å²) in [4.78, 5) is 0. The van der Waals surface area contributed by atoms with Crippen molar-refractivity contribution in [3.63, 3.8) is 0 Å². The molecule has 0 amide bonds. The van der Waals surface area contributed by atoms with E-state index < -0.39 is 0 Å². The van der Waals surface area contributed by atoms with Gasteiger partial charge in [0.2, 0.25) is 0 Å². The highest BCUT2D eigenvalue weighted by Crippen LogP contribution is 2.39. The Morgan fingerprint density at radius 2 is 1.94 bits per heavy atom. The molecule has 1 nitrogen and oxygen atoms in total. The summed E-state index contributed by atoms with van der Waals surface area (Å²) in [6, 6.07) is 8.64. The van der Waals surface area contributed by atoms with Gasteiger partial charge in [-0.05, 0) is 57.3 Å². The molecule has 0 bridgehead atoms. The van der Waals surface area contributed by atoms with Crippen LogP contribution in [0.2, 0.25) is 0 Å². The fourth-order valence-electron chi connectivity index (χ4n) is 2.63. The second kappa shape index (κ2) is 4.23. The highest BCUT2D eigenvalue weighted by atomic mass is 79.9. The maximum absolute atomic E-state index is 6.62. The Balaban J connectivity index is 2.01. The molecule has 0 fully saturated rings. The van der Waals surface area contributed by atoms with Gasteiger partial charge in [0.15, 0.2) is 0 Å². The monoisotopic (exact) mass is 307 g/mol. The second-order valence-electron chi connectivity index (χ2n) is 4.74. The molecule has 88 valence electrons. The summed E-state index contributed by atoms with van der Waals surface area (Å²) >= 11 is 5.32. The van der Waals surface area contributed by atoms with E-state index in [-0.39, 0.29) is 5.54 Å². The van der Waals surface area contributed by atoms with Crippen molar-refractivity contribution in [3.8, 4) is 0 Å². The standard InChI is InChI=1S/C14H14BrNS/c15-13-9-17-8-12(13)14(16)6-5-10-3-1-2-4-11(10)7-14/h1-4,8-9H,5-7,16H2. The van der Waals surface area contributed by atoms with Crippen LogP contribution in [0.15, 0.2) is 39.5 Å². The molecule has 1 aliphatic rings. The van der Waals surface area contributed by atoms with Gasteiger partial charge in [-0.1, -0.05) is 24.3 Å². The summed E-state index contributed by atoms with van der Waals surface area (Å²) in [5, 5.41) is 4.29. The summed E-state index contributed by atoms with van der Waals surface area (Å²) in [5.41, 5.74) is 10.5. The van der Waals surface area contributed by atoms with E-state index in [0.717, 1.165) is 23.7 Å². The number of thiophene rings is 1. The van der Waals surface area contributed by atoms with Gasteiger partial charge in [-0.2, -0.15) is 11.3 Å². The van der Waals surface area contributed by atoms with Gasteiger partial charge in [0.1, 0.15) is 0 Å². The average Bonchev–Trinajstić information content (AvgIpc) is 2.76. The molecule has 3 heteroatoms. The molecule has 2 N–H and O–H groups in total. The molecule has 1 heterocycles. The largest absolute Gasteiger partial charge is 0.321 e. The number of rotatable bonds is 1. The van der Waals surface area contributed by atoms with Crippen molar-refractivity contribution in [2.24, 2.45) is 5.73 Å². The zero-order chi connectivity index (χ0) is 11.9. The Hall–Kier alpha value is -0.640. The number of nitrogens with two attached hydrogens (primary N) is 1. The molecule has 1 atom stereocenters. The SMILES string of the molecule is NC1(c2cscc2Br)CCc2ccccc2C1. The van der Waals surface area contributed by atoms with Gasteiger partial charge in [-0.15, -0.1) is 0 Å². The van der Waals surface area contributed by atoms with Crippen LogP contribution >= 0.6 is 27.3 Å². The molecular weight excluding hydrogens is 294 g/mol. The van der Waals surface area contributed by atoms with Gasteiger partial charge in [0, 0.05) is 15.4 Å². The van der Waals surface area contributed by atoms with Gasteiger partial charge in [0.05, 0.1) is 0 Å². The number of hydrogen-bond acceptors (Lipinski definition) is 2.